The molecule has 0 spiro atoms. The lowest BCUT2D eigenvalue weighted by atomic mass is 10.2. The van der Waals surface area contributed by atoms with Gasteiger partial charge >= 0.3 is 0 Å². The topological polar surface area (TPSA) is 36.9 Å². The Kier molecular flexibility index (Phi) is 10.6. The van der Waals surface area contributed by atoms with Crippen LogP contribution in [0.15, 0.2) is 24.3 Å². The third-order valence-corrected chi connectivity index (χ3v) is 3.07. The third-order valence-electron chi connectivity index (χ3n) is 3.07. The van der Waals surface area contributed by atoms with Crippen molar-refractivity contribution in [3.63, 3.8) is 0 Å². The quantitative estimate of drug-likeness (QED) is 0.520. The molecule has 0 aromatic heterocycles. The fourth-order valence-corrected chi connectivity index (χ4v) is 1.84. The average molecular weight is 296 g/mol. The standard InChI is InChI=1S/C17H28O4/c1-3-4-5-6-11-19-12-13-20-14-15-21-17-9-7-16(18-2)8-10-17/h7-10H,3-6,11-15H2,1-2H3. The minimum Gasteiger partial charge on any atom is -0.497 e. The molecule has 0 bridgehead atoms. The second-order valence-corrected chi connectivity index (χ2v) is 4.81. The van der Waals surface area contributed by atoms with E-state index in [-0.39, 0.29) is 0 Å². The van der Waals surface area contributed by atoms with Crippen LogP contribution in [-0.2, 0) is 9.47 Å². The van der Waals surface area contributed by atoms with E-state index < -0.39 is 0 Å². The minimum absolute atomic E-state index is 0.544. The first-order valence-corrected chi connectivity index (χ1v) is 7.79. The number of ether oxygens (including phenoxy) is 4. The van der Waals surface area contributed by atoms with Crippen LogP contribution in [0.3, 0.4) is 0 Å². The normalized spacial score (nSPS) is 10.6. The van der Waals surface area contributed by atoms with Crippen LogP contribution in [0.2, 0.25) is 0 Å². The Morgan fingerprint density at radius 3 is 2.00 bits per heavy atom. The molecule has 0 aliphatic heterocycles. The first kappa shape index (κ1) is 17.8. The fourth-order valence-electron chi connectivity index (χ4n) is 1.84. The van der Waals surface area contributed by atoms with Gasteiger partial charge in [-0.05, 0) is 30.7 Å². The van der Waals surface area contributed by atoms with Crippen LogP contribution < -0.4 is 9.47 Å². The maximum Gasteiger partial charge on any atom is 0.119 e. The smallest absolute Gasteiger partial charge is 0.119 e. The zero-order valence-electron chi connectivity index (χ0n) is 13.3. The van der Waals surface area contributed by atoms with Gasteiger partial charge in [-0.15, -0.1) is 0 Å². The van der Waals surface area contributed by atoms with Crippen molar-refractivity contribution in [2.24, 2.45) is 0 Å². The first-order valence-electron chi connectivity index (χ1n) is 7.79. The molecular formula is C17H28O4. The van der Waals surface area contributed by atoms with Gasteiger partial charge in [0, 0.05) is 6.61 Å². The summed E-state index contributed by atoms with van der Waals surface area (Å²) in [6, 6.07) is 7.53. The van der Waals surface area contributed by atoms with E-state index in [1.807, 2.05) is 24.3 Å². The molecule has 0 fully saturated rings. The Balaban J connectivity index is 1.88. The highest BCUT2D eigenvalue weighted by Gasteiger charge is 1.96. The van der Waals surface area contributed by atoms with Crippen LogP contribution in [0, 0.1) is 0 Å². The lowest BCUT2D eigenvalue weighted by Crippen LogP contribution is -2.11. The van der Waals surface area contributed by atoms with Crippen LogP contribution in [0.1, 0.15) is 32.6 Å². The lowest BCUT2D eigenvalue weighted by molar-refractivity contribution is 0.0352. The van der Waals surface area contributed by atoms with Crippen molar-refractivity contribution in [2.45, 2.75) is 32.6 Å². The molecule has 0 N–H and O–H groups in total. The summed E-state index contributed by atoms with van der Waals surface area (Å²) in [5, 5.41) is 0. The number of hydrogen-bond acceptors (Lipinski definition) is 4. The number of unbranched alkanes of at least 4 members (excludes halogenated alkanes) is 3. The summed E-state index contributed by atoms with van der Waals surface area (Å²) in [7, 11) is 1.65. The van der Waals surface area contributed by atoms with Gasteiger partial charge < -0.3 is 18.9 Å². The number of rotatable bonds is 13. The van der Waals surface area contributed by atoms with Crippen molar-refractivity contribution in [3.8, 4) is 11.5 Å². The molecule has 1 aromatic rings. The zero-order valence-corrected chi connectivity index (χ0v) is 13.3. The maximum atomic E-state index is 5.56. The summed E-state index contributed by atoms with van der Waals surface area (Å²) >= 11 is 0. The highest BCUT2D eigenvalue weighted by molar-refractivity contribution is 5.31. The molecule has 0 heterocycles. The zero-order chi connectivity index (χ0) is 15.2. The molecule has 0 saturated heterocycles. The van der Waals surface area contributed by atoms with Gasteiger partial charge in [-0.25, -0.2) is 0 Å². The Labute approximate surface area is 128 Å². The van der Waals surface area contributed by atoms with Gasteiger partial charge in [0.15, 0.2) is 0 Å². The van der Waals surface area contributed by atoms with E-state index in [9.17, 15) is 0 Å². The van der Waals surface area contributed by atoms with E-state index in [1.54, 1.807) is 7.11 Å². The van der Waals surface area contributed by atoms with Crippen LogP contribution in [0.5, 0.6) is 11.5 Å². The highest BCUT2D eigenvalue weighted by Crippen LogP contribution is 2.16. The largest absolute Gasteiger partial charge is 0.497 e. The number of methoxy groups -OCH3 is 1. The van der Waals surface area contributed by atoms with Gasteiger partial charge in [-0.1, -0.05) is 26.2 Å². The van der Waals surface area contributed by atoms with Crippen molar-refractivity contribution >= 4 is 0 Å². The molecule has 4 heteroatoms. The summed E-state index contributed by atoms with van der Waals surface area (Å²) in [6.45, 7) is 5.46. The summed E-state index contributed by atoms with van der Waals surface area (Å²) in [6.07, 6.45) is 4.96. The molecule has 120 valence electrons. The molecule has 0 atom stereocenters. The molecule has 1 aromatic carbocycles. The van der Waals surface area contributed by atoms with Crippen LogP contribution in [-0.4, -0.2) is 40.1 Å². The molecule has 1 rings (SSSR count). The van der Waals surface area contributed by atoms with Crippen LogP contribution >= 0.6 is 0 Å². The van der Waals surface area contributed by atoms with Crippen LogP contribution in [0.25, 0.3) is 0 Å². The molecule has 0 amide bonds. The van der Waals surface area contributed by atoms with Gasteiger partial charge in [-0.3, -0.25) is 0 Å². The third kappa shape index (κ3) is 9.32. The van der Waals surface area contributed by atoms with Crippen molar-refractivity contribution in [3.05, 3.63) is 24.3 Å². The molecular weight excluding hydrogens is 268 g/mol. The van der Waals surface area contributed by atoms with Gasteiger partial charge in [-0.2, -0.15) is 0 Å². The predicted molar refractivity (Wildman–Crippen MR) is 84.3 cm³/mol. The first-order chi connectivity index (χ1) is 10.4. The Hall–Kier alpha value is -1.26. The summed E-state index contributed by atoms with van der Waals surface area (Å²) < 4.78 is 21.6. The molecule has 0 radical (unpaired) electrons. The summed E-state index contributed by atoms with van der Waals surface area (Å²) in [5.74, 6) is 1.65. The second kappa shape index (κ2) is 12.5. The van der Waals surface area contributed by atoms with E-state index in [1.165, 1.54) is 19.3 Å². The molecule has 0 saturated carbocycles. The van der Waals surface area contributed by atoms with E-state index in [2.05, 4.69) is 6.92 Å². The van der Waals surface area contributed by atoms with E-state index in [0.29, 0.717) is 26.4 Å². The van der Waals surface area contributed by atoms with Gasteiger partial charge in [0.1, 0.15) is 18.1 Å². The predicted octanol–water partition coefficient (Wildman–Crippen LogP) is 3.69. The molecule has 0 unspecified atom stereocenters. The number of hydrogen-bond donors (Lipinski definition) is 0. The molecule has 21 heavy (non-hydrogen) atoms. The summed E-state index contributed by atoms with van der Waals surface area (Å²) in [5.41, 5.74) is 0. The lowest BCUT2D eigenvalue weighted by Gasteiger charge is -2.08. The number of benzene rings is 1. The van der Waals surface area contributed by atoms with E-state index >= 15 is 0 Å². The highest BCUT2D eigenvalue weighted by atomic mass is 16.5. The van der Waals surface area contributed by atoms with Gasteiger partial charge in [0.25, 0.3) is 0 Å². The Morgan fingerprint density at radius 2 is 1.33 bits per heavy atom. The molecule has 0 aliphatic rings. The van der Waals surface area contributed by atoms with E-state index in [4.69, 9.17) is 18.9 Å². The van der Waals surface area contributed by atoms with Gasteiger partial charge in [0.2, 0.25) is 0 Å². The second-order valence-electron chi connectivity index (χ2n) is 4.81. The Bertz CT molecular complexity index is 337. The maximum absolute atomic E-state index is 5.56. The van der Waals surface area contributed by atoms with E-state index in [0.717, 1.165) is 24.5 Å². The monoisotopic (exact) mass is 296 g/mol. The van der Waals surface area contributed by atoms with Crippen molar-refractivity contribution in [1.82, 2.24) is 0 Å². The fraction of sp³-hybridized carbons (Fsp3) is 0.647. The van der Waals surface area contributed by atoms with Crippen molar-refractivity contribution < 1.29 is 18.9 Å². The molecule has 4 nitrogen and oxygen atoms in total. The molecule has 0 aliphatic carbocycles. The average Bonchev–Trinajstić information content (AvgIpc) is 2.53. The summed E-state index contributed by atoms with van der Waals surface area (Å²) in [4.78, 5) is 0. The van der Waals surface area contributed by atoms with Crippen molar-refractivity contribution in [2.75, 3.05) is 40.1 Å². The van der Waals surface area contributed by atoms with Crippen LogP contribution in [0.4, 0.5) is 0 Å². The minimum atomic E-state index is 0.544. The van der Waals surface area contributed by atoms with Crippen molar-refractivity contribution in [1.29, 1.82) is 0 Å². The van der Waals surface area contributed by atoms with Gasteiger partial charge in [0.05, 0.1) is 26.9 Å². The Morgan fingerprint density at radius 1 is 0.714 bits per heavy atom. The SMILES string of the molecule is CCCCCCOCCOCCOc1ccc(OC)cc1.